The summed E-state index contributed by atoms with van der Waals surface area (Å²) in [5.74, 6) is -3.53. The second-order valence-corrected chi connectivity index (χ2v) is 9.91. The summed E-state index contributed by atoms with van der Waals surface area (Å²) in [6.45, 7) is 2.78. The van der Waals surface area contributed by atoms with E-state index in [1.807, 2.05) is 24.3 Å². The van der Waals surface area contributed by atoms with Crippen LogP contribution < -0.4 is 4.74 Å². The van der Waals surface area contributed by atoms with E-state index in [1.54, 1.807) is 18.2 Å². The zero-order valence-corrected chi connectivity index (χ0v) is 20.3. The van der Waals surface area contributed by atoms with Gasteiger partial charge in [-0.05, 0) is 72.8 Å². The van der Waals surface area contributed by atoms with Gasteiger partial charge in [-0.1, -0.05) is 49.7 Å². The second kappa shape index (κ2) is 10.6. The van der Waals surface area contributed by atoms with Crippen molar-refractivity contribution in [2.24, 2.45) is 5.92 Å². The van der Waals surface area contributed by atoms with Gasteiger partial charge in [-0.2, -0.15) is 4.39 Å². The minimum atomic E-state index is -0.990. The van der Waals surface area contributed by atoms with Gasteiger partial charge in [0.15, 0.2) is 23.2 Å². The highest BCUT2D eigenvalue weighted by atomic mass is 19.2. The first-order valence-electron chi connectivity index (χ1n) is 12.8. The maximum atomic E-state index is 14.8. The molecular weight excluding hydrogens is 468 g/mol. The lowest BCUT2D eigenvalue weighted by molar-refractivity contribution is 0.192. The molecule has 0 radical (unpaired) electrons. The predicted octanol–water partition coefficient (Wildman–Crippen LogP) is 8.29. The highest BCUT2D eigenvalue weighted by Crippen LogP contribution is 2.40. The average Bonchev–Trinajstić information content (AvgIpc) is 3.73. The van der Waals surface area contributed by atoms with Crippen LogP contribution in [0.25, 0.3) is 11.1 Å². The number of rotatable bonds is 8. The number of halogens is 4. The van der Waals surface area contributed by atoms with Gasteiger partial charge in [0.05, 0.1) is 13.2 Å². The number of epoxide rings is 1. The van der Waals surface area contributed by atoms with Crippen LogP contribution >= 0.6 is 0 Å². The summed E-state index contributed by atoms with van der Waals surface area (Å²) in [5.41, 5.74) is 2.68. The molecule has 6 heteroatoms. The van der Waals surface area contributed by atoms with Crippen LogP contribution in [0.2, 0.25) is 0 Å². The minimum Gasteiger partial charge on any atom is -0.490 e. The van der Waals surface area contributed by atoms with Crippen molar-refractivity contribution in [3.8, 4) is 16.9 Å². The molecule has 1 saturated heterocycles. The van der Waals surface area contributed by atoms with Crippen molar-refractivity contribution < 1.29 is 27.0 Å². The van der Waals surface area contributed by atoms with Crippen LogP contribution in [0.4, 0.5) is 17.6 Å². The minimum absolute atomic E-state index is 0.0675. The van der Waals surface area contributed by atoms with Gasteiger partial charge in [-0.3, -0.25) is 0 Å². The van der Waals surface area contributed by atoms with Gasteiger partial charge in [0.25, 0.3) is 0 Å². The Balaban J connectivity index is 1.18. The maximum absolute atomic E-state index is 14.8. The molecule has 0 spiro atoms. The van der Waals surface area contributed by atoms with Gasteiger partial charge in [0, 0.05) is 11.1 Å². The van der Waals surface area contributed by atoms with E-state index in [4.69, 9.17) is 9.47 Å². The average molecular weight is 499 g/mol. The van der Waals surface area contributed by atoms with Crippen LogP contribution in [0.15, 0.2) is 48.5 Å². The zero-order chi connectivity index (χ0) is 25.2. The summed E-state index contributed by atoms with van der Waals surface area (Å²) in [4.78, 5) is 0. The van der Waals surface area contributed by atoms with Crippen LogP contribution in [0.5, 0.6) is 5.75 Å². The third-order valence-corrected chi connectivity index (χ3v) is 7.43. The molecule has 1 aliphatic heterocycles. The summed E-state index contributed by atoms with van der Waals surface area (Å²) in [6.07, 6.45) is 4.50. The summed E-state index contributed by atoms with van der Waals surface area (Å²) in [5, 5.41) is 0. The molecule has 1 unspecified atom stereocenters. The quantitative estimate of drug-likeness (QED) is 0.230. The molecule has 1 atom stereocenters. The Morgan fingerprint density at radius 2 is 1.44 bits per heavy atom. The standard InChI is InChI=1S/C30H30F4O2/c1-2-3-18-4-8-20(9-5-18)23-14-15-25(30(34)28(23)32)35-16-19-6-10-21(11-7-19)22-12-13-24(26-17-36-26)29(33)27(22)31/h4-5,8-9,12-15,19,21,26H,2-3,6-7,10-11,16-17H2,1H3. The molecule has 1 aliphatic carbocycles. The largest absolute Gasteiger partial charge is 0.490 e. The molecule has 36 heavy (non-hydrogen) atoms. The van der Waals surface area contributed by atoms with Crippen molar-refractivity contribution in [2.75, 3.05) is 13.2 Å². The van der Waals surface area contributed by atoms with Gasteiger partial charge >= 0.3 is 0 Å². The fourth-order valence-electron chi connectivity index (χ4n) is 5.22. The monoisotopic (exact) mass is 498 g/mol. The number of hydrogen-bond donors (Lipinski definition) is 0. The lowest BCUT2D eigenvalue weighted by atomic mass is 9.78. The van der Waals surface area contributed by atoms with Crippen molar-refractivity contribution in [3.63, 3.8) is 0 Å². The van der Waals surface area contributed by atoms with Gasteiger partial charge in [-0.25, -0.2) is 13.2 Å². The summed E-state index contributed by atoms with van der Waals surface area (Å²) < 4.78 is 69.4. The molecule has 2 aliphatic rings. The molecule has 2 nitrogen and oxygen atoms in total. The molecule has 1 heterocycles. The maximum Gasteiger partial charge on any atom is 0.201 e. The van der Waals surface area contributed by atoms with E-state index < -0.39 is 23.3 Å². The zero-order valence-electron chi connectivity index (χ0n) is 20.3. The van der Waals surface area contributed by atoms with E-state index >= 15 is 0 Å². The van der Waals surface area contributed by atoms with E-state index in [2.05, 4.69) is 6.92 Å². The molecule has 5 rings (SSSR count). The molecule has 0 N–H and O–H groups in total. The molecule has 190 valence electrons. The molecule has 2 fully saturated rings. The van der Waals surface area contributed by atoms with Gasteiger partial charge in [-0.15, -0.1) is 0 Å². The van der Waals surface area contributed by atoms with E-state index in [-0.39, 0.29) is 41.4 Å². The molecule has 0 bridgehead atoms. The Bertz CT molecular complexity index is 1210. The Kier molecular flexibility index (Phi) is 7.33. The summed E-state index contributed by atoms with van der Waals surface area (Å²) in [7, 11) is 0. The van der Waals surface area contributed by atoms with Crippen LogP contribution in [0, 0.1) is 29.2 Å². The highest BCUT2D eigenvalue weighted by Gasteiger charge is 2.32. The van der Waals surface area contributed by atoms with Crippen LogP contribution in [0.1, 0.15) is 67.7 Å². The molecule has 0 aromatic heterocycles. The first kappa shape index (κ1) is 24.8. The van der Waals surface area contributed by atoms with Crippen molar-refractivity contribution in [2.45, 2.75) is 57.5 Å². The molecule has 1 saturated carbocycles. The van der Waals surface area contributed by atoms with Crippen molar-refractivity contribution >= 4 is 0 Å². The van der Waals surface area contributed by atoms with Gasteiger partial charge < -0.3 is 9.47 Å². The summed E-state index contributed by atoms with van der Waals surface area (Å²) >= 11 is 0. The SMILES string of the molecule is CCCc1ccc(-c2ccc(OCC3CCC(c4ccc(C5CO5)c(F)c4F)CC3)c(F)c2F)cc1. The number of aryl methyl sites for hydroxylation is 1. The smallest absolute Gasteiger partial charge is 0.201 e. The van der Waals surface area contributed by atoms with E-state index in [1.165, 1.54) is 6.07 Å². The normalized spacial score (nSPS) is 21.4. The Labute approximate surface area is 209 Å². The Hall–Kier alpha value is -2.86. The predicted molar refractivity (Wildman–Crippen MR) is 131 cm³/mol. The lowest BCUT2D eigenvalue weighted by Gasteiger charge is -2.29. The highest BCUT2D eigenvalue weighted by molar-refractivity contribution is 5.65. The van der Waals surface area contributed by atoms with E-state index in [9.17, 15) is 17.6 Å². The number of hydrogen-bond acceptors (Lipinski definition) is 2. The van der Waals surface area contributed by atoms with Crippen molar-refractivity contribution in [1.29, 1.82) is 0 Å². The van der Waals surface area contributed by atoms with Crippen LogP contribution in [0.3, 0.4) is 0 Å². The summed E-state index contributed by atoms with van der Waals surface area (Å²) in [6, 6.07) is 13.8. The van der Waals surface area contributed by atoms with E-state index in [0.29, 0.717) is 30.6 Å². The Morgan fingerprint density at radius 3 is 2.11 bits per heavy atom. The first-order chi connectivity index (χ1) is 17.5. The third kappa shape index (κ3) is 5.15. The number of benzene rings is 3. The van der Waals surface area contributed by atoms with Gasteiger partial charge in [0.1, 0.15) is 6.10 Å². The molecular formula is C30H30F4O2. The number of ether oxygens (including phenoxy) is 2. The topological polar surface area (TPSA) is 21.8 Å². The fourth-order valence-corrected chi connectivity index (χ4v) is 5.22. The third-order valence-electron chi connectivity index (χ3n) is 7.43. The molecule has 3 aromatic rings. The van der Waals surface area contributed by atoms with Gasteiger partial charge in [0.2, 0.25) is 5.82 Å². The molecule has 3 aromatic carbocycles. The first-order valence-corrected chi connectivity index (χ1v) is 12.8. The lowest BCUT2D eigenvalue weighted by Crippen LogP contribution is -2.20. The van der Waals surface area contributed by atoms with Crippen molar-refractivity contribution in [3.05, 3.63) is 88.5 Å². The fraction of sp³-hybridized carbons (Fsp3) is 0.400. The van der Waals surface area contributed by atoms with Crippen LogP contribution in [-0.4, -0.2) is 13.2 Å². The second-order valence-electron chi connectivity index (χ2n) is 9.91. The Morgan fingerprint density at radius 1 is 0.778 bits per heavy atom. The van der Waals surface area contributed by atoms with Crippen LogP contribution in [-0.2, 0) is 11.2 Å². The molecule has 0 amide bonds. The van der Waals surface area contributed by atoms with E-state index in [0.717, 1.165) is 31.2 Å². The van der Waals surface area contributed by atoms with Crippen molar-refractivity contribution in [1.82, 2.24) is 0 Å².